The fraction of sp³-hybridized carbons (Fsp3) is 0.500. The summed E-state index contributed by atoms with van der Waals surface area (Å²) in [6.07, 6.45) is 2.91. The van der Waals surface area contributed by atoms with Crippen molar-refractivity contribution < 1.29 is 14.8 Å². The van der Waals surface area contributed by atoms with E-state index in [0.717, 1.165) is 31.6 Å². The second-order valence-corrected chi connectivity index (χ2v) is 4.59. The van der Waals surface area contributed by atoms with Gasteiger partial charge in [-0.3, -0.25) is 10.1 Å². The Labute approximate surface area is 116 Å². The number of aromatic nitrogens is 1. The molecule has 0 fully saturated rings. The van der Waals surface area contributed by atoms with Crippen LogP contribution in [0.25, 0.3) is 0 Å². The predicted molar refractivity (Wildman–Crippen MR) is 74.1 cm³/mol. The lowest BCUT2D eigenvalue weighted by molar-refractivity contribution is -0.384. The van der Waals surface area contributed by atoms with Crippen molar-refractivity contribution in [3.63, 3.8) is 0 Å². The van der Waals surface area contributed by atoms with E-state index in [0.29, 0.717) is 6.54 Å². The second kappa shape index (κ2) is 7.39. The lowest BCUT2D eigenvalue weighted by Crippen LogP contribution is -2.14. The van der Waals surface area contributed by atoms with Gasteiger partial charge in [-0.2, -0.15) is 0 Å². The number of carboxylic acids is 1. The highest BCUT2D eigenvalue weighted by Crippen LogP contribution is 2.22. The van der Waals surface area contributed by atoms with Crippen molar-refractivity contribution in [2.45, 2.75) is 12.8 Å². The number of nitro groups is 1. The zero-order valence-electron chi connectivity index (χ0n) is 11.5. The van der Waals surface area contributed by atoms with Gasteiger partial charge in [-0.05, 0) is 33.5 Å². The number of nitrogens with one attached hydrogen (secondary N) is 1. The first-order valence-electron chi connectivity index (χ1n) is 6.18. The highest BCUT2D eigenvalue weighted by molar-refractivity contribution is 5.88. The zero-order valence-corrected chi connectivity index (χ0v) is 11.5. The normalized spacial score (nSPS) is 10.6. The standard InChI is InChI=1S/C12H18N4O4/c1-15(2)6-4-3-5-13-11-10(16(19)20)7-9(8-14-11)12(17)18/h7-8H,3-6H2,1-2H3,(H,13,14)(H,17,18). The van der Waals surface area contributed by atoms with Gasteiger partial charge in [0, 0.05) is 18.8 Å². The number of aromatic carboxylic acids is 1. The molecule has 0 unspecified atom stereocenters. The van der Waals surface area contributed by atoms with Gasteiger partial charge < -0.3 is 15.3 Å². The minimum absolute atomic E-state index is 0.102. The van der Waals surface area contributed by atoms with Crippen molar-refractivity contribution in [1.29, 1.82) is 0 Å². The molecule has 1 rings (SSSR count). The maximum Gasteiger partial charge on any atom is 0.337 e. The molecule has 110 valence electrons. The van der Waals surface area contributed by atoms with E-state index in [1.165, 1.54) is 0 Å². The Balaban J connectivity index is 2.65. The number of carbonyl (C=O) groups is 1. The monoisotopic (exact) mass is 282 g/mol. The molecule has 0 saturated carbocycles. The average Bonchev–Trinajstić information content (AvgIpc) is 2.37. The fourth-order valence-electron chi connectivity index (χ4n) is 1.61. The average molecular weight is 282 g/mol. The molecule has 0 bridgehead atoms. The molecule has 0 atom stereocenters. The van der Waals surface area contributed by atoms with Crippen molar-refractivity contribution >= 4 is 17.5 Å². The van der Waals surface area contributed by atoms with E-state index >= 15 is 0 Å². The molecule has 0 aliphatic rings. The summed E-state index contributed by atoms with van der Waals surface area (Å²) >= 11 is 0. The summed E-state index contributed by atoms with van der Waals surface area (Å²) in [5, 5.41) is 22.6. The summed E-state index contributed by atoms with van der Waals surface area (Å²) < 4.78 is 0. The smallest absolute Gasteiger partial charge is 0.337 e. The minimum Gasteiger partial charge on any atom is -0.478 e. The first-order valence-corrected chi connectivity index (χ1v) is 6.18. The van der Waals surface area contributed by atoms with Crippen LogP contribution in [0, 0.1) is 10.1 Å². The number of hydrogen-bond acceptors (Lipinski definition) is 6. The van der Waals surface area contributed by atoms with Crippen LogP contribution in [0.1, 0.15) is 23.2 Å². The maximum atomic E-state index is 10.9. The van der Waals surface area contributed by atoms with E-state index in [4.69, 9.17) is 5.11 Å². The van der Waals surface area contributed by atoms with Crippen molar-refractivity contribution in [1.82, 2.24) is 9.88 Å². The maximum absolute atomic E-state index is 10.9. The van der Waals surface area contributed by atoms with Crippen LogP contribution >= 0.6 is 0 Å². The molecule has 8 heteroatoms. The molecule has 20 heavy (non-hydrogen) atoms. The molecule has 0 saturated heterocycles. The third-order valence-corrected chi connectivity index (χ3v) is 2.64. The lowest BCUT2D eigenvalue weighted by Gasteiger charge is -2.10. The molecule has 1 heterocycles. The Morgan fingerprint density at radius 3 is 2.75 bits per heavy atom. The molecule has 2 N–H and O–H groups in total. The van der Waals surface area contributed by atoms with E-state index in [-0.39, 0.29) is 17.1 Å². The van der Waals surface area contributed by atoms with Gasteiger partial charge in [-0.15, -0.1) is 0 Å². The highest BCUT2D eigenvalue weighted by atomic mass is 16.6. The van der Waals surface area contributed by atoms with Gasteiger partial charge in [0.2, 0.25) is 5.82 Å². The van der Waals surface area contributed by atoms with E-state index in [1.807, 2.05) is 14.1 Å². The van der Waals surface area contributed by atoms with Crippen molar-refractivity contribution in [2.75, 3.05) is 32.5 Å². The Morgan fingerprint density at radius 1 is 1.50 bits per heavy atom. The third-order valence-electron chi connectivity index (χ3n) is 2.64. The lowest BCUT2D eigenvalue weighted by atomic mass is 10.2. The Kier molecular flexibility index (Phi) is 5.85. The first kappa shape index (κ1) is 15.8. The molecule has 0 aliphatic heterocycles. The molecule has 0 aromatic carbocycles. The van der Waals surface area contributed by atoms with Gasteiger partial charge in [-0.25, -0.2) is 9.78 Å². The van der Waals surface area contributed by atoms with Gasteiger partial charge in [0.1, 0.15) is 0 Å². The van der Waals surface area contributed by atoms with Crippen LogP contribution < -0.4 is 5.32 Å². The molecular weight excluding hydrogens is 264 g/mol. The number of hydrogen-bond donors (Lipinski definition) is 2. The van der Waals surface area contributed by atoms with Gasteiger partial charge in [0.15, 0.2) is 0 Å². The third kappa shape index (κ3) is 4.81. The van der Waals surface area contributed by atoms with E-state index in [1.54, 1.807) is 0 Å². The molecule has 0 amide bonds. The largest absolute Gasteiger partial charge is 0.478 e. The molecule has 0 spiro atoms. The summed E-state index contributed by atoms with van der Waals surface area (Å²) in [5.41, 5.74) is -0.521. The Hall–Kier alpha value is -2.22. The SMILES string of the molecule is CN(C)CCCCNc1ncc(C(=O)O)cc1[N+](=O)[O-]. The van der Waals surface area contributed by atoms with Crippen LogP contribution in [0.3, 0.4) is 0 Å². The second-order valence-electron chi connectivity index (χ2n) is 4.59. The van der Waals surface area contributed by atoms with E-state index in [2.05, 4.69) is 15.2 Å². The topological polar surface area (TPSA) is 109 Å². The quantitative estimate of drug-likeness (QED) is 0.422. The van der Waals surface area contributed by atoms with Gasteiger partial charge in [0.25, 0.3) is 0 Å². The van der Waals surface area contributed by atoms with Crippen molar-refractivity contribution in [3.8, 4) is 0 Å². The highest BCUT2D eigenvalue weighted by Gasteiger charge is 2.18. The first-order chi connectivity index (χ1) is 9.41. The summed E-state index contributed by atoms with van der Waals surface area (Å²) in [5.74, 6) is -1.14. The van der Waals surface area contributed by atoms with Crippen molar-refractivity contribution in [3.05, 3.63) is 27.9 Å². The number of pyridine rings is 1. The molecule has 0 aliphatic carbocycles. The molecule has 1 aromatic heterocycles. The molecular formula is C12H18N4O4. The fourth-order valence-corrected chi connectivity index (χ4v) is 1.61. The number of nitrogens with zero attached hydrogens (tertiary/aromatic N) is 3. The van der Waals surface area contributed by atoms with Crippen molar-refractivity contribution in [2.24, 2.45) is 0 Å². The number of carboxylic acid groups (broad SMARTS) is 1. The van der Waals surface area contributed by atoms with Crippen LogP contribution in [0.5, 0.6) is 0 Å². The van der Waals surface area contributed by atoms with Crippen LogP contribution in [-0.4, -0.2) is 53.1 Å². The van der Waals surface area contributed by atoms with Gasteiger partial charge in [-0.1, -0.05) is 0 Å². The van der Waals surface area contributed by atoms with Crippen LogP contribution in [-0.2, 0) is 0 Å². The van der Waals surface area contributed by atoms with Gasteiger partial charge in [0.05, 0.1) is 10.5 Å². The molecule has 0 radical (unpaired) electrons. The van der Waals surface area contributed by atoms with E-state index < -0.39 is 10.9 Å². The molecule has 8 nitrogen and oxygen atoms in total. The van der Waals surface area contributed by atoms with E-state index in [9.17, 15) is 14.9 Å². The summed E-state index contributed by atoms with van der Waals surface area (Å²) in [4.78, 5) is 26.9. The van der Waals surface area contributed by atoms with Gasteiger partial charge >= 0.3 is 11.7 Å². The summed E-state index contributed by atoms with van der Waals surface area (Å²) in [6.45, 7) is 1.49. The zero-order chi connectivity index (χ0) is 15.1. The number of rotatable bonds is 8. The Bertz CT molecular complexity index is 490. The molecule has 1 aromatic rings. The Morgan fingerprint density at radius 2 is 2.20 bits per heavy atom. The van der Waals surface area contributed by atoms with Crippen LogP contribution in [0.15, 0.2) is 12.3 Å². The van der Waals surface area contributed by atoms with Crippen LogP contribution in [0.4, 0.5) is 11.5 Å². The summed E-state index contributed by atoms with van der Waals surface area (Å²) in [6, 6.07) is 1.01. The minimum atomic E-state index is -1.24. The number of anilines is 1. The predicted octanol–water partition coefficient (Wildman–Crippen LogP) is 1.44. The van der Waals surface area contributed by atoms with Crippen LogP contribution in [0.2, 0.25) is 0 Å². The number of unbranched alkanes of at least 4 members (excludes halogenated alkanes) is 1. The summed E-state index contributed by atoms with van der Waals surface area (Å²) in [7, 11) is 3.95.